The molecule has 2 rings (SSSR count). The number of anilines is 1. The van der Waals surface area contributed by atoms with Crippen LogP contribution in [0.5, 0.6) is 0 Å². The molecule has 2 aromatic heterocycles. The molecule has 0 aliphatic heterocycles. The molecule has 0 aliphatic carbocycles. The molecule has 0 fully saturated rings. The molecule has 0 spiro atoms. The number of rotatable bonds is 4. The van der Waals surface area contributed by atoms with E-state index in [2.05, 4.69) is 10.3 Å². The quantitative estimate of drug-likeness (QED) is 0.825. The lowest BCUT2D eigenvalue weighted by Gasteiger charge is -2.11. The Morgan fingerprint density at radius 2 is 2.38 bits per heavy atom. The zero-order chi connectivity index (χ0) is 11.4. The maximum absolute atomic E-state index is 9.84. The summed E-state index contributed by atoms with van der Waals surface area (Å²) in [5, 5.41) is 17.3. The van der Waals surface area contributed by atoms with Gasteiger partial charge in [-0.05, 0) is 34.5 Å². The van der Waals surface area contributed by atoms with Gasteiger partial charge < -0.3 is 10.4 Å². The number of thiophene rings is 1. The standard InChI is InChI=1S/C11H11ClN2OS/c12-11-5-9(1-3-13-11)14-6-10(15)8-2-4-16-7-8/h1-5,7,10,15H,6H2,(H,13,14). The van der Waals surface area contributed by atoms with Crippen molar-refractivity contribution in [2.75, 3.05) is 11.9 Å². The van der Waals surface area contributed by atoms with Gasteiger partial charge in [0.25, 0.3) is 0 Å². The summed E-state index contributed by atoms with van der Waals surface area (Å²) in [6, 6.07) is 5.45. The third-order valence-corrected chi connectivity index (χ3v) is 3.06. The van der Waals surface area contributed by atoms with Crippen molar-refractivity contribution < 1.29 is 5.11 Å². The summed E-state index contributed by atoms with van der Waals surface area (Å²) >= 11 is 7.32. The lowest BCUT2D eigenvalue weighted by Crippen LogP contribution is -2.11. The average Bonchev–Trinajstić information content (AvgIpc) is 2.79. The second-order valence-corrected chi connectivity index (χ2v) is 4.49. The molecule has 1 unspecified atom stereocenters. The fraction of sp³-hybridized carbons (Fsp3) is 0.182. The summed E-state index contributed by atoms with van der Waals surface area (Å²) in [5.41, 5.74) is 1.78. The van der Waals surface area contributed by atoms with Gasteiger partial charge in [0.2, 0.25) is 0 Å². The molecule has 0 bridgehead atoms. The first-order valence-electron chi connectivity index (χ1n) is 4.81. The third-order valence-electron chi connectivity index (χ3n) is 2.15. The van der Waals surface area contributed by atoms with E-state index in [0.29, 0.717) is 11.7 Å². The Morgan fingerprint density at radius 3 is 3.06 bits per heavy atom. The van der Waals surface area contributed by atoms with Crippen molar-refractivity contribution in [3.63, 3.8) is 0 Å². The molecule has 2 heterocycles. The Labute approximate surface area is 103 Å². The monoisotopic (exact) mass is 254 g/mol. The minimum atomic E-state index is -0.502. The van der Waals surface area contributed by atoms with Crippen molar-refractivity contribution in [3.05, 3.63) is 45.9 Å². The minimum absolute atomic E-state index is 0.440. The molecule has 0 radical (unpaired) electrons. The van der Waals surface area contributed by atoms with Crippen LogP contribution in [0.3, 0.4) is 0 Å². The molecule has 84 valence electrons. The van der Waals surface area contributed by atoms with Gasteiger partial charge in [-0.1, -0.05) is 11.6 Å². The molecule has 16 heavy (non-hydrogen) atoms. The Bertz CT molecular complexity index is 447. The first-order valence-corrected chi connectivity index (χ1v) is 6.13. The molecule has 5 heteroatoms. The Morgan fingerprint density at radius 1 is 1.50 bits per heavy atom. The maximum Gasteiger partial charge on any atom is 0.131 e. The number of pyridine rings is 1. The first-order chi connectivity index (χ1) is 7.75. The molecule has 0 amide bonds. The van der Waals surface area contributed by atoms with Gasteiger partial charge in [0.15, 0.2) is 0 Å². The summed E-state index contributed by atoms with van der Waals surface area (Å²) in [5.74, 6) is 0. The van der Waals surface area contributed by atoms with Crippen molar-refractivity contribution in [1.29, 1.82) is 0 Å². The zero-order valence-corrected chi connectivity index (χ0v) is 10.0. The van der Waals surface area contributed by atoms with E-state index in [9.17, 15) is 5.11 Å². The summed E-state index contributed by atoms with van der Waals surface area (Å²) in [7, 11) is 0. The van der Waals surface area contributed by atoms with Crippen LogP contribution in [0.25, 0.3) is 0 Å². The number of nitrogens with zero attached hydrogens (tertiary/aromatic N) is 1. The van der Waals surface area contributed by atoms with Gasteiger partial charge in [-0.25, -0.2) is 4.98 Å². The molecular weight excluding hydrogens is 244 g/mol. The van der Waals surface area contributed by atoms with Crippen LogP contribution in [0.15, 0.2) is 35.2 Å². The van der Waals surface area contributed by atoms with E-state index in [1.165, 1.54) is 0 Å². The first kappa shape index (κ1) is 11.4. The van der Waals surface area contributed by atoms with Crippen molar-refractivity contribution in [1.82, 2.24) is 4.98 Å². The van der Waals surface area contributed by atoms with E-state index in [1.807, 2.05) is 22.9 Å². The number of halogens is 1. The van der Waals surface area contributed by atoms with Crippen molar-refractivity contribution in [2.24, 2.45) is 0 Å². The average molecular weight is 255 g/mol. The van der Waals surface area contributed by atoms with Gasteiger partial charge >= 0.3 is 0 Å². The SMILES string of the molecule is OC(CNc1ccnc(Cl)c1)c1ccsc1. The molecule has 2 N–H and O–H groups in total. The smallest absolute Gasteiger partial charge is 0.131 e. The lowest BCUT2D eigenvalue weighted by atomic mass is 10.2. The summed E-state index contributed by atoms with van der Waals surface area (Å²) < 4.78 is 0. The van der Waals surface area contributed by atoms with Gasteiger partial charge in [0, 0.05) is 18.4 Å². The van der Waals surface area contributed by atoms with Crippen LogP contribution in [0.1, 0.15) is 11.7 Å². The van der Waals surface area contributed by atoms with Crippen LogP contribution in [-0.2, 0) is 0 Å². The highest BCUT2D eigenvalue weighted by molar-refractivity contribution is 7.07. The van der Waals surface area contributed by atoms with E-state index < -0.39 is 6.10 Å². The minimum Gasteiger partial charge on any atom is -0.387 e. The normalized spacial score (nSPS) is 12.4. The summed E-state index contributed by atoms with van der Waals surface area (Å²) in [6.07, 6.45) is 1.12. The van der Waals surface area contributed by atoms with E-state index in [-0.39, 0.29) is 0 Å². The van der Waals surface area contributed by atoms with Gasteiger partial charge in [0.1, 0.15) is 5.15 Å². The Balaban J connectivity index is 1.92. The number of aliphatic hydroxyl groups is 1. The predicted molar refractivity (Wildman–Crippen MR) is 67.0 cm³/mol. The zero-order valence-electron chi connectivity index (χ0n) is 8.43. The summed E-state index contributed by atoms with van der Waals surface area (Å²) in [4.78, 5) is 3.88. The molecule has 0 aliphatic rings. The third kappa shape index (κ3) is 2.95. The van der Waals surface area contributed by atoms with E-state index >= 15 is 0 Å². The molecule has 2 aromatic rings. The number of hydrogen-bond donors (Lipinski definition) is 2. The fourth-order valence-corrected chi connectivity index (χ4v) is 2.19. The number of hydrogen-bond acceptors (Lipinski definition) is 4. The van der Waals surface area contributed by atoms with Crippen LogP contribution < -0.4 is 5.32 Å². The van der Waals surface area contributed by atoms with Gasteiger partial charge in [-0.15, -0.1) is 0 Å². The van der Waals surface area contributed by atoms with Crippen LogP contribution >= 0.6 is 22.9 Å². The molecule has 0 saturated carbocycles. The van der Waals surface area contributed by atoms with Crippen LogP contribution in [0.2, 0.25) is 5.15 Å². The van der Waals surface area contributed by atoms with Gasteiger partial charge in [-0.2, -0.15) is 11.3 Å². The number of aliphatic hydroxyl groups excluding tert-OH is 1. The highest BCUT2D eigenvalue weighted by Gasteiger charge is 2.07. The summed E-state index contributed by atoms with van der Waals surface area (Å²) in [6.45, 7) is 0.455. The molecular formula is C11H11ClN2OS. The molecule has 3 nitrogen and oxygen atoms in total. The van der Waals surface area contributed by atoms with Crippen molar-refractivity contribution in [2.45, 2.75) is 6.10 Å². The second kappa shape index (κ2) is 5.30. The Kier molecular flexibility index (Phi) is 3.77. The van der Waals surface area contributed by atoms with Crippen LogP contribution in [0, 0.1) is 0 Å². The van der Waals surface area contributed by atoms with Crippen molar-refractivity contribution >= 4 is 28.6 Å². The second-order valence-electron chi connectivity index (χ2n) is 3.32. The number of nitrogens with one attached hydrogen (secondary N) is 1. The van der Waals surface area contributed by atoms with Gasteiger partial charge in [0.05, 0.1) is 6.10 Å². The predicted octanol–water partition coefficient (Wildman–Crippen LogP) is 2.94. The highest BCUT2D eigenvalue weighted by Crippen LogP contribution is 2.18. The van der Waals surface area contributed by atoms with E-state index in [0.717, 1.165) is 11.3 Å². The highest BCUT2D eigenvalue weighted by atomic mass is 35.5. The molecule has 1 atom stereocenters. The maximum atomic E-state index is 9.84. The molecule has 0 aromatic carbocycles. The molecule has 0 saturated heterocycles. The van der Waals surface area contributed by atoms with E-state index in [1.54, 1.807) is 23.6 Å². The fourth-order valence-electron chi connectivity index (χ4n) is 1.31. The topological polar surface area (TPSA) is 45.1 Å². The van der Waals surface area contributed by atoms with E-state index in [4.69, 9.17) is 11.6 Å². The van der Waals surface area contributed by atoms with Crippen LogP contribution in [-0.4, -0.2) is 16.6 Å². The van der Waals surface area contributed by atoms with Crippen molar-refractivity contribution in [3.8, 4) is 0 Å². The number of aromatic nitrogens is 1. The lowest BCUT2D eigenvalue weighted by molar-refractivity contribution is 0.192. The van der Waals surface area contributed by atoms with Gasteiger partial charge in [-0.3, -0.25) is 0 Å². The van der Waals surface area contributed by atoms with Crippen LogP contribution in [0.4, 0.5) is 5.69 Å². The Hall–Kier alpha value is -1.10. The largest absolute Gasteiger partial charge is 0.387 e.